The van der Waals surface area contributed by atoms with Gasteiger partial charge in [0.2, 0.25) is 0 Å². The fourth-order valence-corrected chi connectivity index (χ4v) is 5.75. The largest absolute Gasteiger partial charge is 0.472 e. The van der Waals surface area contributed by atoms with E-state index >= 15 is 0 Å². The highest BCUT2D eigenvalue weighted by Gasteiger charge is 2.47. The molecule has 0 heterocycles. The summed E-state index contributed by atoms with van der Waals surface area (Å²) in [7, 11) is 0.148. The highest BCUT2D eigenvalue weighted by molar-refractivity contribution is 7.80. The van der Waals surface area contributed by atoms with Crippen LogP contribution in [0.1, 0.15) is 96.8 Å². The molecule has 0 spiro atoms. The van der Waals surface area contributed by atoms with E-state index in [1.54, 1.807) is 14.2 Å². The van der Waals surface area contributed by atoms with E-state index in [2.05, 4.69) is 22.1 Å². The quantitative estimate of drug-likeness (QED) is 0.0962. The van der Waals surface area contributed by atoms with Crippen LogP contribution in [0, 0.1) is 5.92 Å². The van der Waals surface area contributed by atoms with Crippen molar-refractivity contribution in [1.29, 1.82) is 0 Å². The van der Waals surface area contributed by atoms with Crippen molar-refractivity contribution in [2.45, 2.75) is 115 Å². The third-order valence-corrected chi connectivity index (χ3v) is 8.00. The second-order valence-electron chi connectivity index (χ2n) is 9.62. The number of rotatable bonds is 21. The second kappa shape index (κ2) is 19.8. The van der Waals surface area contributed by atoms with E-state index in [0.29, 0.717) is 18.1 Å². The van der Waals surface area contributed by atoms with Crippen LogP contribution in [0.15, 0.2) is 0 Å². The second-order valence-corrected chi connectivity index (χ2v) is 11.5. The smallest absolute Gasteiger partial charge is 0.384 e. The van der Waals surface area contributed by atoms with E-state index in [4.69, 9.17) is 26.2 Å². The van der Waals surface area contributed by atoms with Crippen LogP contribution >= 0.6 is 20.0 Å². The average molecular weight is 539 g/mol. The molecule has 5 atom stereocenters. The molecule has 208 valence electrons. The molecule has 1 rings (SSSR count). The summed E-state index contributed by atoms with van der Waals surface area (Å²) < 4.78 is 32.9. The number of methoxy groups -OCH3 is 2. The molecule has 0 saturated heterocycles. The van der Waals surface area contributed by atoms with Gasteiger partial charge in [-0.25, -0.2) is 4.57 Å². The van der Waals surface area contributed by atoms with Crippen molar-refractivity contribution in [3.63, 3.8) is 0 Å². The lowest BCUT2D eigenvalue weighted by molar-refractivity contribution is -0.0282. The summed E-state index contributed by atoms with van der Waals surface area (Å²) in [4.78, 5) is 9.80. The van der Waals surface area contributed by atoms with Crippen molar-refractivity contribution >= 4 is 25.2 Å². The maximum Gasteiger partial charge on any atom is 0.472 e. The summed E-state index contributed by atoms with van der Waals surface area (Å²) in [6.45, 7) is 3.47. The van der Waals surface area contributed by atoms with E-state index < -0.39 is 20.0 Å². The van der Waals surface area contributed by atoms with Crippen LogP contribution < -0.4 is 10.6 Å². The van der Waals surface area contributed by atoms with Crippen LogP contribution in [0.4, 0.5) is 0 Å². The van der Waals surface area contributed by atoms with Crippen molar-refractivity contribution in [3.8, 4) is 0 Å². The summed E-state index contributed by atoms with van der Waals surface area (Å²) in [6.07, 6.45) is 16.8. The molecule has 35 heavy (non-hydrogen) atoms. The minimum Gasteiger partial charge on any atom is -0.384 e. The van der Waals surface area contributed by atoms with Crippen LogP contribution in [0.3, 0.4) is 0 Å². The highest BCUT2D eigenvalue weighted by atomic mass is 32.1. The van der Waals surface area contributed by atoms with E-state index in [0.717, 1.165) is 20.1 Å². The van der Waals surface area contributed by atoms with Crippen LogP contribution in [0.5, 0.6) is 0 Å². The zero-order chi connectivity index (χ0) is 25.9. The number of phosphoric acid groups is 1. The molecular weight excluding hydrogens is 487 g/mol. The van der Waals surface area contributed by atoms with Gasteiger partial charge >= 0.3 is 7.82 Å². The van der Waals surface area contributed by atoms with Gasteiger partial charge in [-0.05, 0) is 25.1 Å². The Morgan fingerprint density at radius 1 is 0.914 bits per heavy atom. The molecule has 8 nitrogen and oxygen atoms in total. The summed E-state index contributed by atoms with van der Waals surface area (Å²) >= 11 is 5.48. The molecule has 10 heteroatoms. The maximum atomic E-state index is 12.0. The van der Waals surface area contributed by atoms with Gasteiger partial charge in [-0.3, -0.25) is 9.05 Å². The number of hydrogen-bond acceptors (Lipinski definition) is 6. The first-order chi connectivity index (χ1) is 16.9. The molecule has 1 aliphatic rings. The minimum atomic E-state index is -4.15. The van der Waals surface area contributed by atoms with Gasteiger partial charge in [-0.15, -0.1) is 0 Å². The van der Waals surface area contributed by atoms with Crippen LogP contribution in [-0.4, -0.2) is 62.7 Å². The first-order valence-electron chi connectivity index (χ1n) is 13.5. The fourth-order valence-electron chi connectivity index (χ4n) is 4.82. The number of phosphoric ester groups is 1. The summed E-state index contributed by atoms with van der Waals surface area (Å²) in [5, 5.41) is 7.14. The Kier molecular flexibility index (Phi) is 18.5. The summed E-state index contributed by atoms with van der Waals surface area (Å²) in [5.74, 6) is -0.123. The number of thiocarbonyl (C=S) groups is 1. The molecule has 2 unspecified atom stereocenters. The Balaban J connectivity index is 2.19. The Morgan fingerprint density at radius 2 is 1.46 bits per heavy atom. The lowest BCUT2D eigenvalue weighted by atomic mass is 10.0. The normalized spacial score (nSPS) is 23.8. The number of unbranched alkanes of at least 4 members (excludes halogenated alkanes) is 12. The third-order valence-electron chi connectivity index (χ3n) is 6.76. The molecule has 1 aliphatic carbocycles. The van der Waals surface area contributed by atoms with Gasteiger partial charge in [0.15, 0.2) is 5.11 Å². The van der Waals surface area contributed by atoms with Gasteiger partial charge in [-0.1, -0.05) is 84.0 Å². The Hall–Kier alpha value is -0.280. The molecule has 1 fully saturated rings. The highest BCUT2D eigenvalue weighted by Crippen LogP contribution is 2.48. The van der Waals surface area contributed by atoms with Gasteiger partial charge in [-0.2, -0.15) is 0 Å². The molecule has 0 radical (unpaired) electrons. The van der Waals surface area contributed by atoms with Crippen molar-refractivity contribution in [1.82, 2.24) is 10.6 Å². The molecule has 0 aromatic rings. The van der Waals surface area contributed by atoms with Crippen molar-refractivity contribution in [2.24, 2.45) is 5.92 Å². The van der Waals surface area contributed by atoms with Gasteiger partial charge in [0, 0.05) is 33.8 Å². The van der Waals surface area contributed by atoms with Crippen molar-refractivity contribution < 1.29 is 28.0 Å². The van der Waals surface area contributed by atoms with Crippen molar-refractivity contribution in [3.05, 3.63) is 0 Å². The first-order valence-corrected chi connectivity index (χ1v) is 15.4. The number of ether oxygens (including phenoxy) is 2. The van der Waals surface area contributed by atoms with Gasteiger partial charge in [0.25, 0.3) is 0 Å². The van der Waals surface area contributed by atoms with Crippen LogP contribution in [-0.2, 0) is 23.1 Å². The molecule has 0 amide bonds. The van der Waals surface area contributed by atoms with E-state index in [9.17, 15) is 9.46 Å². The molecule has 0 aromatic heterocycles. The van der Waals surface area contributed by atoms with E-state index in [-0.39, 0.29) is 12.0 Å². The number of hydrogen-bond donors (Lipinski definition) is 3. The minimum absolute atomic E-state index is 0.123. The Labute approximate surface area is 219 Å². The molecular formula is C25H51N2O6PS. The monoisotopic (exact) mass is 538 g/mol. The maximum absolute atomic E-state index is 12.0. The zero-order valence-electron chi connectivity index (χ0n) is 22.5. The first kappa shape index (κ1) is 32.7. The zero-order valence-corrected chi connectivity index (χ0v) is 24.2. The predicted molar refractivity (Wildman–Crippen MR) is 146 cm³/mol. The molecule has 3 N–H and O–H groups in total. The third kappa shape index (κ3) is 14.3. The average Bonchev–Trinajstić information content (AvgIpc) is 3.14. The molecule has 0 aliphatic heterocycles. The fraction of sp³-hybridized carbons (Fsp3) is 0.960. The van der Waals surface area contributed by atoms with Crippen LogP contribution in [0.25, 0.3) is 0 Å². The molecule has 1 saturated carbocycles. The van der Waals surface area contributed by atoms with Crippen molar-refractivity contribution in [2.75, 3.05) is 34.5 Å². The van der Waals surface area contributed by atoms with Gasteiger partial charge in [0.1, 0.15) is 12.2 Å². The lowest BCUT2D eigenvalue weighted by Gasteiger charge is -2.27. The van der Waals surface area contributed by atoms with Gasteiger partial charge < -0.3 is 25.0 Å². The standard InChI is InChI=1S/C25H51N2O6PS/c1-5-6-7-8-9-10-11-12-13-14-15-16-17-18-26-25(35)27-22-19-21(20-30-2)23(24(22)31-3)33-34(28,29)32-4/h21-24H,5-20H2,1-4H3,(H,28,29)(H2,26,27,35)/t21-,22-,23?,24-/m1/s1. The number of nitrogens with one attached hydrogen (secondary N) is 2. The molecule has 0 bridgehead atoms. The summed E-state index contributed by atoms with van der Waals surface area (Å²) in [6, 6.07) is -0.159. The predicted octanol–water partition coefficient (Wildman–Crippen LogP) is 5.72. The van der Waals surface area contributed by atoms with Gasteiger partial charge in [0.05, 0.1) is 12.6 Å². The van der Waals surface area contributed by atoms with E-state index in [1.807, 2.05) is 0 Å². The summed E-state index contributed by atoms with van der Waals surface area (Å²) in [5.41, 5.74) is 0. The topological polar surface area (TPSA) is 98.3 Å². The van der Waals surface area contributed by atoms with Crippen LogP contribution in [0.2, 0.25) is 0 Å². The lowest BCUT2D eigenvalue weighted by Crippen LogP contribution is -2.48. The Bertz CT molecular complexity index is 600. The molecule has 0 aromatic carbocycles. The Morgan fingerprint density at radius 3 is 1.94 bits per heavy atom. The van der Waals surface area contributed by atoms with E-state index in [1.165, 1.54) is 77.0 Å². The SMILES string of the molecule is CCCCCCCCCCCCCCCNC(=S)N[C@@H]1C[C@H](COC)C(OP(=O)(O)OC)[C@@H]1OC.